The molecule has 3 nitrogen and oxygen atoms in total. The first-order valence-corrected chi connectivity index (χ1v) is 4.03. The monoisotopic (exact) mass is 222 g/mol. The number of aliphatic hydroxyl groups excluding tert-OH is 2. The number of hydrogen-bond acceptors (Lipinski definition) is 3. The lowest BCUT2D eigenvalue weighted by Crippen LogP contribution is -2.50. The Kier molecular flexibility index (Phi) is 3.07. The van der Waals surface area contributed by atoms with Crippen LogP contribution in [0.15, 0.2) is 0 Å². The van der Waals surface area contributed by atoms with Crippen LogP contribution < -0.4 is 0 Å². The van der Waals surface area contributed by atoms with Gasteiger partial charge in [0.1, 0.15) is 12.2 Å². The van der Waals surface area contributed by atoms with Crippen molar-refractivity contribution in [2.75, 3.05) is 6.61 Å². The molecule has 2 N–H and O–H groups in total. The van der Waals surface area contributed by atoms with E-state index in [0.29, 0.717) is 0 Å². The van der Waals surface area contributed by atoms with Crippen LogP contribution in [0.1, 0.15) is 0 Å². The first kappa shape index (κ1) is 11.7. The molecular weight excluding hydrogens is 216 g/mol. The largest absolute Gasteiger partial charge is 0.394 e. The van der Waals surface area contributed by atoms with Crippen molar-refractivity contribution in [3.8, 4) is 11.3 Å². The zero-order valence-corrected chi connectivity index (χ0v) is 7.63. The molecule has 0 aliphatic carbocycles. The van der Waals surface area contributed by atoms with Crippen molar-refractivity contribution >= 4 is 19.4 Å². The van der Waals surface area contributed by atoms with Crippen LogP contribution in [0.2, 0.25) is 0 Å². The highest BCUT2D eigenvalue weighted by molar-refractivity contribution is 6.30. The molecule has 0 spiro atoms. The summed E-state index contributed by atoms with van der Waals surface area (Å²) in [5, 5.41) is 19.4. The standard InChI is InChI=1S/C7H6BClF2O3/c8-7(11)6(10,1-2-9)5(13)4(3-12)14-7/h4-5,12-13H,3H2/t4-,5?,6-,7-/m1/s1. The van der Waals surface area contributed by atoms with Gasteiger partial charge in [0.05, 0.1) is 6.61 Å². The Morgan fingerprint density at radius 3 is 2.50 bits per heavy atom. The predicted molar refractivity (Wildman–Crippen MR) is 45.0 cm³/mol. The van der Waals surface area contributed by atoms with Crippen LogP contribution >= 0.6 is 11.6 Å². The van der Waals surface area contributed by atoms with E-state index in [1.54, 1.807) is 11.3 Å². The summed E-state index contributed by atoms with van der Waals surface area (Å²) in [4.78, 5) is 0. The minimum Gasteiger partial charge on any atom is -0.394 e. The van der Waals surface area contributed by atoms with Crippen molar-refractivity contribution < 1.29 is 23.7 Å². The van der Waals surface area contributed by atoms with Gasteiger partial charge < -0.3 is 14.9 Å². The summed E-state index contributed by atoms with van der Waals surface area (Å²) in [7, 11) is 4.80. The smallest absolute Gasteiger partial charge is 0.248 e. The summed E-state index contributed by atoms with van der Waals surface area (Å²) in [6.07, 6.45) is -3.46. The van der Waals surface area contributed by atoms with Gasteiger partial charge in [-0.2, -0.15) is 0 Å². The van der Waals surface area contributed by atoms with E-state index in [1.807, 2.05) is 0 Å². The van der Waals surface area contributed by atoms with Crippen molar-refractivity contribution in [1.82, 2.24) is 0 Å². The molecule has 0 bridgehead atoms. The molecule has 76 valence electrons. The normalized spacial score (nSPS) is 47.2. The van der Waals surface area contributed by atoms with Gasteiger partial charge in [0.2, 0.25) is 11.4 Å². The van der Waals surface area contributed by atoms with Crippen LogP contribution in [0, 0.1) is 11.3 Å². The van der Waals surface area contributed by atoms with Gasteiger partial charge in [-0.3, -0.25) is 0 Å². The molecule has 1 aliphatic heterocycles. The van der Waals surface area contributed by atoms with E-state index in [1.165, 1.54) is 0 Å². The summed E-state index contributed by atoms with van der Waals surface area (Å²) < 4.78 is 31.2. The number of alkyl halides is 2. The third-order valence-corrected chi connectivity index (χ3v) is 2.08. The van der Waals surface area contributed by atoms with Gasteiger partial charge in [0.25, 0.3) is 0 Å². The zero-order chi connectivity index (χ0) is 11.0. The molecule has 1 rings (SSSR count). The average Bonchev–Trinajstić information content (AvgIpc) is 2.27. The second kappa shape index (κ2) is 3.67. The van der Waals surface area contributed by atoms with Crippen LogP contribution in [0.3, 0.4) is 0 Å². The molecule has 0 saturated carbocycles. The predicted octanol–water partition coefficient (Wildman–Crippen LogP) is -0.562. The second-order valence-electron chi connectivity index (χ2n) is 2.86. The lowest BCUT2D eigenvalue weighted by molar-refractivity contribution is -0.118. The molecule has 1 heterocycles. The molecule has 7 heteroatoms. The summed E-state index contributed by atoms with van der Waals surface area (Å²) in [5.74, 6) is -1.70. The maximum atomic E-state index is 13.7. The Balaban J connectivity index is 3.07. The van der Waals surface area contributed by atoms with Crippen LogP contribution in [0.25, 0.3) is 0 Å². The third-order valence-electron chi connectivity index (χ3n) is 1.99. The minimum atomic E-state index is -3.29. The van der Waals surface area contributed by atoms with Crippen molar-refractivity contribution in [2.45, 2.75) is 23.6 Å². The van der Waals surface area contributed by atoms with Crippen molar-refractivity contribution in [2.24, 2.45) is 0 Å². The van der Waals surface area contributed by atoms with Gasteiger partial charge in [-0.1, -0.05) is 0 Å². The summed E-state index contributed by atoms with van der Waals surface area (Å²) in [5.41, 5.74) is -3.14. The molecule has 0 aromatic rings. The molecular formula is C7H6BClF2O3. The molecule has 1 unspecified atom stereocenters. The zero-order valence-electron chi connectivity index (χ0n) is 6.88. The van der Waals surface area contributed by atoms with Crippen LogP contribution in [-0.4, -0.2) is 48.3 Å². The maximum absolute atomic E-state index is 13.7. The van der Waals surface area contributed by atoms with E-state index in [-0.39, 0.29) is 0 Å². The van der Waals surface area contributed by atoms with Gasteiger partial charge in [-0.25, -0.2) is 8.78 Å². The Labute approximate surface area is 85.4 Å². The first-order valence-electron chi connectivity index (χ1n) is 3.65. The van der Waals surface area contributed by atoms with E-state index in [4.69, 9.17) is 24.6 Å². The SMILES string of the molecule is [B][C@]1(F)O[C@H](CO)C(O)[C@]1(F)C#CCl. The molecule has 1 saturated heterocycles. The summed E-state index contributed by atoms with van der Waals surface area (Å²) in [6.45, 7) is -0.778. The fraction of sp³-hybridized carbons (Fsp3) is 0.714. The molecule has 14 heavy (non-hydrogen) atoms. The van der Waals surface area contributed by atoms with Crippen LogP contribution in [0.4, 0.5) is 8.78 Å². The summed E-state index contributed by atoms with van der Waals surface area (Å²) in [6, 6.07) is 0. The van der Waals surface area contributed by atoms with Crippen molar-refractivity contribution in [3.63, 3.8) is 0 Å². The maximum Gasteiger partial charge on any atom is 0.248 e. The molecule has 0 aromatic heterocycles. The molecule has 2 radical (unpaired) electrons. The molecule has 1 aliphatic rings. The highest BCUT2D eigenvalue weighted by atomic mass is 35.5. The third kappa shape index (κ3) is 1.50. The molecule has 0 amide bonds. The second-order valence-corrected chi connectivity index (χ2v) is 3.05. The minimum absolute atomic E-state index is 0.778. The van der Waals surface area contributed by atoms with E-state index >= 15 is 0 Å². The average molecular weight is 222 g/mol. The van der Waals surface area contributed by atoms with Crippen molar-refractivity contribution in [3.05, 3.63) is 0 Å². The van der Waals surface area contributed by atoms with Gasteiger partial charge >= 0.3 is 0 Å². The topological polar surface area (TPSA) is 49.7 Å². The molecule has 0 aromatic carbocycles. The number of hydrogen-bond donors (Lipinski definition) is 2. The van der Waals surface area contributed by atoms with Crippen LogP contribution in [0.5, 0.6) is 0 Å². The van der Waals surface area contributed by atoms with Gasteiger partial charge in [0.15, 0.2) is 7.85 Å². The van der Waals surface area contributed by atoms with Crippen molar-refractivity contribution in [1.29, 1.82) is 0 Å². The number of halogens is 3. The van der Waals surface area contributed by atoms with E-state index in [0.717, 1.165) is 0 Å². The number of ether oxygens (including phenoxy) is 1. The highest BCUT2D eigenvalue weighted by Gasteiger charge is 2.64. The lowest BCUT2D eigenvalue weighted by atomic mass is 9.80. The number of rotatable bonds is 1. The van der Waals surface area contributed by atoms with Crippen LogP contribution in [-0.2, 0) is 4.74 Å². The first-order chi connectivity index (χ1) is 6.39. The Morgan fingerprint density at radius 2 is 2.14 bits per heavy atom. The highest BCUT2D eigenvalue weighted by Crippen LogP contribution is 2.41. The Morgan fingerprint density at radius 1 is 1.57 bits per heavy atom. The molecule has 4 atom stereocenters. The fourth-order valence-corrected chi connectivity index (χ4v) is 1.33. The van der Waals surface area contributed by atoms with E-state index < -0.39 is 30.2 Å². The number of aliphatic hydroxyl groups is 2. The summed E-state index contributed by atoms with van der Waals surface area (Å²) >= 11 is 4.90. The fourth-order valence-electron chi connectivity index (χ4n) is 1.19. The Bertz CT molecular complexity index is 290. The van der Waals surface area contributed by atoms with Gasteiger partial charge in [0, 0.05) is 5.38 Å². The molecule has 1 fully saturated rings. The lowest BCUT2D eigenvalue weighted by Gasteiger charge is -2.25. The van der Waals surface area contributed by atoms with E-state index in [2.05, 4.69) is 4.74 Å². The van der Waals surface area contributed by atoms with Gasteiger partial charge in [-0.05, 0) is 17.5 Å². The Hall–Kier alpha value is -0.345. The van der Waals surface area contributed by atoms with E-state index in [9.17, 15) is 13.9 Å². The van der Waals surface area contributed by atoms with Gasteiger partial charge in [-0.15, -0.1) is 0 Å². The quantitative estimate of drug-likeness (QED) is 0.462.